The van der Waals surface area contributed by atoms with E-state index in [0.29, 0.717) is 25.3 Å². The van der Waals surface area contributed by atoms with Crippen LogP contribution < -0.4 is 5.32 Å². The molecule has 104 valence electrons. The largest absolute Gasteiger partial charge is 0.479 e. The Labute approximate surface area is 108 Å². The molecule has 1 aliphatic heterocycles. The van der Waals surface area contributed by atoms with Gasteiger partial charge < -0.3 is 15.2 Å². The Kier molecular flexibility index (Phi) is 4.73. The lowest BCUT2D eigenvalue weighted by Crippen LogP contribution is -2.40. The summed E-state index contributed by atoms with van der Waals surface area (Å²) in [5, 5.41) is 11.6. The Morgan fingerprint density at radius 2 is 1.89 bits per heavy atom. The molecule has 5 nitrogen and oxygen atoms in total. The number of hydrogen-bond donors (Lipinski definition) is 2. The Balaban J connectivity index is 2.37. The molecule has 1 aliphatic rings. The van der Waals surface area contributed by atoms with Gasteiger partial charge in [0.15, 0.2) is 6.10 Å². The smallest absolute Gasteiger partial charge is 0.332 e. The number of nitrogens with one attached hydrogen (secondary N) is 1. The minimum absolute atomic E-state index is 0.132. The van der Waals surface area contributed by atoms with Crippen molar-refractivity contribution >= 4 is 11.9 Å². The van der Waals surface area contributed by atoms with Gasteiger partial charge in [-0.05, 0) is 24.2 Å². The maximum absolute atomic E-state index is 11.8. The standard InChI is InChI=1S/C13H23NO4/c1-8(13(2,3)4)7-14-11(15)9-5-6-10(18-9)12(16)17/h8-10H,5-7H2,1-4H3,(H,14,15)(H,16,17)/t8?,9-,10+/m0/s1. The second kappa shape index (κ2) is 5.69. The van der Waals surface area contributed by atoms with Crippen molar-refractivity contribution < 1.29 is 19.4 Å². The van der Waals surface area contributed by atoms with Gasteiger partial charge in [0.2, 0.25) is 5.91 Å². The van der Waals surface area contributed by atoms with Crippen LogP contribution in [0, 0.1) is 11.3 Å². The number of carbonyl (C=O) groups excluding carboxylic acids is 1. The van der Waals surface area contributed by atoms with Crippen LogP contribution >= 0.6 is 0 Å². The second-order valence-corrected chi connectivity index (χ2v) is 6.04. The maximum atomic E-state index is 11.8. The first-order chi connectivity index (χ1) is 8.21. The molecule has 0 aromatic rings. The monoisotopic (exact) mass is 257 g/mol. The lowest BCUT2D eigenvalue weighted by Gasteiger charge is -2.27. The van der Waals surface area contributed by atoms with Crippen molar-refractivity contribution in [2.45, 2.75) is 52.7 Å². The van der Waals surface area contributed by atoms with Crippen molar-refractivity contribution in [2.75, 3.05) is 6.54 Å². The van der Waals surface area contributed by atoms with Gasteiger partial charge in [-0.3, -0.25) is 4.79 Å². The summed E-state index contributed by atoms with van der Waals surface area (Å²) in [5.41, 5.74) is 0.132. The molecule has 1 heterocycles. The van der Waals surface area contributed by atoms with Crippen molar-refractivity contribution in [2.24, 2.45) is 11.3 Å². The van der Waals surface area contributed by atoms with Crippen LogP contribution in [0.2, 0.25) is 0 Å². The average Bonchev–Trinajstić information content (AvgIpc) is 2.73. The number of rotatable bonds is 4. The molecule has 0 aromatic carbocycles. The highest BCUT2D eigenvalue weighted by atomic mass is 16.5. The van der Waals surface area contributed by atoms with Gasteiger partial charge in [-0.1, -0.05) is 27.7 Å². The summed E-state index contributed by atoms with van der Waals surface area (Å²) in [6.45, 7) is 9.03. The first-order valence-corrected chi connectivity index (χ1v) is 6.37. The fraction of sp³-hybridized carbons (Fsp3) is 0.846. The van der Waals surface area contributed by atoms with Crippen LogP contribution in [0.25, 0.3) is 0 Å². The van der Waals surface area contributed by atoms with Crippen molar-refractivity contribution in [3.05, 3.63) is 0 Å². The molecule has 3 atom stereocenters. The maximum Gasteiger partial charge on any atom is 0.332 e. The molecular weight excluding hydrogens is 234 g/mol. The van der Waals surface area contributed by atoms with E-state index in [1.54, 1.807) is 0 Å². The number of carboxylic acid groups (broad SMARTS) is 1. The third-order valence-corrected chi connectivity index (χ3v) is 3.65. The molecule has 1 saturated heterocycles. The lowest BCUT2D eigenvalue weighted by atomic mass is 9.82. The zero-order chi connectivity index (χ0) is 13.9. The number of hydrogen-bond acceptors (Lipinski definition) is 3. The zero-order valence-corrected chi connectivity index (χ0v) is 11.5. The van der Waals surface area contributed by atoms with E-state index in [-0.39, 0.29) is 11.3 Å². The Morgan fingerprint density at radius 3 is 2.33 bits per heavy atom. The molecule has 2 N–H and O–H groups in total. The molecule has 1 amide bonds. The molecule has 1 fully saturated rings. The molecule has 0 saturated carbocycles. The predicted octanol–water partition coefficient (Wildman–Crippen LogP) is 1.42. The van der Waals surface area contributed by atoms with E-state index in [1.165, 1.54) is 0 Å². The van der Waals surface area contributed by atoms with Gasteiger partial charge in [0.1, 0.15) is 6.10 Å². The number of amides is 1. The third-order valence-electron chi connectivity index (χ3n) is 3.65. The number of ether oxygens (including phenoxy) is 1. The van der Waals surface area contributed by atoms with Crippen molar-refractivity contribution in [1.29, 1.82) is 0 Å². The van der Waals surface area contributed by atoms with Gasteiger partial charge in [-0.2, -0.15) is 0 Å². The number of aliphatic carboxylic acids is 1. The highest BCUT2D eigenvalue weighted by molar-refractivity contribution is 5.82. The molecule has 1 unspecified atom stereocenters. The molecule has 1 rings (SSSR count). The van der Waals surface area contributed by atoms with E-state index in [9.17, 15) is 9.59 Å². The highest BCUT2D eigenvalue weighted by Crippen LogP contribution is 2.25. The van der Waals surface area contributed by atoms with Gasteiger partial charge in [-0.15, -0.1) is 0 Å². The van der Waals surface area contributed by atoms with E-state index in [2.05, 4.69) is 33.0 Å². The second-order valence-electron chi connectivity index (χ2n) is 6.04. The molecule has 0 aromatic heterocycles. The highest BCUT2D eigenvalue weighted by Gasteiger charge is 2.34. The zero-order valence-electron chi connectivity index (χ0n) is 11.5. The fourth-order valence-corrected chi connectivity index (χ4v) is 1.69. The number of carboxylic acids is 1. The Morgan fingerprint density at radius 1 is 1.33 bits per heavy atom. The summed E-state index contributed by atoms with van der Waals surface area (Å²) in [4.78, 5) is 22.5. The van der Waals surface area contributed by atoms with Crippen LogP contribution in [-0.2, 0) is 14.3 Å². The summed E-state index contributed by atoms with van der Waals surface area (Å²) >= 11 is 0. The Hall–Kier alpha value is -1.10. The first-order valence-electron chi connectivity index (χ1n) is 6.37. The molecule has 0 radical (unpaired) electrons. The fourth-order valence-electron chi connectivity index (χ4n) is 1.69. The molecule has 5 heteroatoms. The van der Waals surface area contributed by atoms with E-state index in [1.807, 2.05) is 0 Å². The molecule has 0 bridgehead atoms. The van der Waals surface area contributed by atoms with Crippen LogP contribution in [0.3, 0.4) is 0 Å². The van der Waals surface area contributed by atoms with Crippen LogP contribution in [0.4, 0.5) is 0 Å². The van der Waals surface area contributed by atoms with Crippen LogP contribution in [0.1, 0.15) is 40.5 Å². The van der Waals surface area contributed by atoms with E-state index in [0.717, 1.165) is 0 Å². The van der Waals surface area contributed by atoms with Gasteiger partial charge >= 0.3 is 5.97 Å². The van der Waals surface area contributed by atoms with E-state index in [4.69, 9.17) is 9.84 Å². The van der Waals surface area contributed by atoms with Crippen LogP contribution in [0.5, 0.6) is 0 Å². The molecule has 18 heavy (non-hydrogen) atoms. The topological polar surface area (TPSA) is 75.6 Å². The first kappa shape index (κ1) is 15.0. The van der Waals surface area contributed by atoms with Gasteiger partial charge in [0, 0.05) is 6.54 Å². The summed E-state index contributed by atoms with van der Waals surface area (Å²) in [6, 6.07) is 0. The van der Waals surface area contributed by atoms with Crippen molar-refractivity contribution in [3.63, 3.8) is 0 Å². The van der Waals surface area contributed by atoms with Crippen LogP contribution in [-0.4, -0.2) is 35.7 Å². The normalized spacial score (nSPS) is 25.8. The molecule has 0 aliphatic carbocycles. The predicted molar refractivity (Wildman–Crippen MR) is 67.2 cm³/mol. The van der Waals surface area contributed by atoms with Gasteiger partial charge in [0.05, 0.1) is 0 Å². The summed E-state index contributed by atoms with van der Waals surface area (Å²) in [7, 11) is 0. The minimum Gasteiger partial charge on any atom is -0.479 e. The Bertz CT molecular complexity index is 321. The minimum atomic E-state index is -0.992. The van der Waals surface area contributed by atoms with Gasteiger partial charge in [0.25, 0.3) is 0 Å². The average molecular weight is 257 g/mol. The van der Waals surface area contributed by atoms with Crippen LogP contribution in [0.15, 0.2) is 0 Å². The quantitative estimate of drug-likeness (QED) is 0.798. The SMILES string of the molecule is CC(CNC(=O)[C@@H]1CC[C@H](C(=O)O)O1)C(C)(C)C. The van der Waals surface area contributed by atoms with Crippen molar-refractivity contribution in [3.8, 4) is 0 Å². The van der Waals surface area contributed by atoms with Crippen molar-refractivity contribution in [1.82, 2.24) is 5.32 Å². The number of carbonyl (C=O) groups is 2. The van der Waals surface area contributed by atoms with E-state index >= 15 is 0 Å². The van der Waals surface area contributed by atoms with E-state index < -0.39 is 18.2 Å². The summed E-state index contributed by atoms with van der Waals surface area (Å²) in [6.07, 6.45) is -0.561. The third kappa shape index (κ3) is 3.98. The molecule has 0 spiro atoms. The summed E-state index contributed by atoms with van der Waals surface area (Å²) < 4.78 is 5.19. The lowest BCUT2D eigenvalue weighted by molar-refractivity contribution is -0.151. The van der Waals surface area contributed by atoms with Gasteiger partial charge in [-0.25, -0.2) is 4.79 Å². The summed E-state index contributed by atoms with van der Waals surface area (Å²) in [5.74, 6) is -0.846. The molecular formula is C13H23NO4.